The van der Waals surface area contributed by atoms with E-state index >= 15 is 0 Å². The second-order valence-corrected chi connectivity index (χ2v) is 6.85. The van der Waals surface area contributed by atoms with Crippen molar-refractivity contribution in [3.63, 3.8) is 0 Å². The molecule has 2 aliphatic heterocycles. The van der Waals surface area contributed by atoms with Gasteiger partial charge < -0.3 is 9.80 Å². The summed E-state index contributed by atoms with van der Waals surface area (Å²) in [6.45, 7) is 5.62. The van der Waals surface area contributed by atoms with Crippen molar-refractivity contribution in [2.24, 2.45) is 11.8 Å². The molecule has 4 fully saturated rings. The molecule has 2 saturated carbocycles. The quantitative estimate of drug-likeness (QED) is 0.723. The molecular weight excluding hydrogens is 208 g/mol. The highest BCUT2D eigenvalue weighted by atomic mass is 15.2. The van der Waals surface area contributed by atoms with Gasteiger partial charge in [-0.05, 0) is 83.0 Å². The smallest absolute Gasteiger partial charge is 0.0127 e. The van der Waals surface area contributed by atoms with E-state index in [0.717, 1.165) is 23.9 Å². The molecule has 2 saturated heterocycles. The molecule has 4 rings (SSSR count). The van der Waals surface area contributed by atoms with Crippen LogP contribution in [0.2, 0.25) is 0 Å². The predicted molar refractivity (Wildman–Crippen MR) is 70.0 cm³/mol. The van der Waals surface area contributed by atoms with Gasteiger partial charge >= 0.3 is 0 Å². The van der Waals surface area contributed by atoms with E-state index in [4.69, 9.17) is 0 Å². The van der Waals surface area contributed by atoms with Gasteiger partial charge in [-0.1, -0.05) is 0 Å². The van der Waals surface area contributed by atoms with E-state index in [9.17, 15) is 0 Å². The van der Waals surface area contributed by atoms with Gasteiger partial charge in [-0.3, -0.25) is 0 Å². The van der Waals surface area contributed by atoms with Gasteiger partial charge in [0.15, 0.2) is 0 Å². The van der Waals surface area contributed by atoms with Gasteiger partial charge in [0.2, 0.25) is 0 Å². The van der Waals surface area contributed by atoms with E-state index in [1.165, 1.54) is 64.7 Å². The van der Waals surface area contributed by atoms with Crippen molar-refractivity contribution >= 4 is 0 Å². The number of hydrogen-bond acceptors (Lipinski definition) is 2. The van der Waals surface area contributed by atoms with Gasteiger partial charge in [-0.2, -0.15) is 0 Å². The molecule has 0 N–H and O–H groups in total. The van der Waals surface area contributed by atoms with Crippen LogP contribution in [0.15, 0.2) is 0 Å². The van der Waals surface area contributed by atoms with Crippen LogP contribution in [0, 0.1) is 11.8 Å². The van der Waals surface area contributed by atoms with Crippen molar-refractivity contribution in [2.45, 2.75) is 57.0 Å². The summed E-state index contributed by atoms with van der Waals surface area (Å²) in [4.78, 5) is 5.65. The first-order valence-electron chi connectivity index (χ1n) is 7.90. The zero-order valence-electron chi connectivity index (χ0n) is 11.0. The molecule has 2 nitrogen and oxygen atoms in total. The highest BCUT2D eigenvalue weighted by Crippen LogP contribution is 2.49. The second kappa shape index (κ2) is 4.24. The maximum Gasteiger partial charge on any atom is 0.0127 e. The lowest BCUT2D eigenvalue weighted by Gasteiger charge is -2.37. The SMILES string of the molecule is C1CCN(C2CC3CC2CC3N2CCCC2)C1. The molecule has 96 valence electrons. The Balaban J connectivity index is 1.41. The summed E-state index contributed by atoms with van der Waals surface area (Å²) >= 11 is 0. The first-order valence-corrected chi connectivity index (χ1v) is 7.90. The summed E-state index contributed by atoms with van der Waals surface area (Å²) in [5.74, 6) is 2.12. The van der Waals surface area contributed by atoms with E-state index < -0.39 is 0 Å². The van der Waals surface area contributed by atoms with Crippen LogP contribution in [-0.2, 0) is 0 Å². The van der Waals surface area contributed by atoms with E-state index in [2.05, 4.69) is 9.80 Å². The van der Waals surface area contributed by atoms with Crippen molar-refractivity contribution < 1.29 is 0 Å². The fraction of sp³-hybridized carbons (Fsp3) is 1.00. The van der Waals surface area contributed by atoms with Gasteiger partial charge in [-0.15, -0.1) is 0 Å². The van der Waals surface area contributed by atoms with Gasteiger partial charge in [0.25, 0.3) is 0 Å². The largest absolute Gasteiger partial charge is 0.300 e. The van der Waals surface area contributed by atoms with Gasteiger partial charge in [0.05, 0.1) is 0 Å². The summed E-state index contributed by atoms with van der Waals surface area (Å²) in [6, 6.07) is 1.97. The fourth-order valence-corrected chi connectivity index (χ4v) is 5.26. The van der Waals surface area contributed by atoms with Gasteiger partial charge in [0.1, 0.15) is 0 Å². The molecule has 2 heteroatoms. The monoisotopic (exact) mass is 234 g/mol. The Kier molecular flexibility index (Phi) is 2.69. The van der Waals surface area contributed by atoms with Gasteiger partial charge in [-0.25, -0.2) is 0 Å². The lowest BCUT2D eigenvalue weighted by Crippen LogP contribution is -2.44. The van der Waals surface area contributed by atoms with Crippen molar-refractivity contribution in [1.29, 1.82) is 0 Å². The zero-order valence-corrected chi connectivity index (χ0v) is 11.0. The van der Waals surface area contributed by atoms with Crippen LogP contribution in [-0.4, -0.2) is 48.1 Å². The summed E-state index contributed by atoms with van der Waals surface area (Å²) in [7, 11) is 0. The standard InChI is InChI=1S/C15H26N2/c1-2-6-16(5-1)14-10-13-9-12(14)11-15(13)17-7-3-4-8-17/h12-15H,1-11H2. The topological polar surface area (TPSA) is 6.48 Å². The molecule has 0 aromatic carbocycles. The van der Waals surface area contributed by atoms with E-state index in [0.29, 0.717) is 0 Å². The van der Waals surface area contributed by atoms with Crippen LogP contribution in [0.25, 0.3) is 0 Å². The van der Waals surface area contributed by atoms with Crippen molar-refractivity contribution in [3.05, 3.63) is 0 Å². The molecule has 0 aromatic rings. The van der Waals surface area contributed by atoms with Crippen LogP contribution in [0.5, 0.6) is 0 Å². The third kappa shape index (κ3) is 1.76. The van der Waals surface area contributed by atoms with Crippen LogP contribution in [0.3, 0.4) is 0 Å². The van der Waals surface area contributed by atoms with Crippen LogP contribution in [0.1, 0.15) is 44.9 Å². The lowest BCUT2D eigenvalue weighted by molar-refractivity contribution is 0.113. The number of hydrogen-bond donors (Lipinski definition) is 0. The van der Waals surface area contributed by atoms with Crippen molar-refractivity contribution in [3.8, 4) is 0 Å². The minimum Gasteiger partial charge on any atom is -0.300 e. The molecular formula is C15H26N2. The molecule has 0 aromatic heterocycles. The Morgan fingerprint density at radius 2 is 0.941 bits per heavy atom. The molecule has 2 bridgehead atoms. The van der Waals surface area contributed by atoms with Crippen molar-refractivity contribution in [2.75, 3.05) is 26.2 Å². The molecule has 2 aliphatic carbocycles. The Bertz CT molecular complexity index is 251. The van der Waals surface area contributed by atoms with Gasteiger partial charge in [0, 0.05) is 12.1 Å². The minimum atomic E-state index is 0.987. The summed E-state index contributed by atoms with van der Waals surface area (Å²) < 4.78 is 0. The second-order valence-electron chi connectivity index (χ2n) is 6.85. The Labute approximate surface area is 105 Å². The maximum absolute atomic E-state index is 2.82. The van der Waals surface area contributed by atoms with E-state index in [1.54, 1.807) is 6.42 Å². The average molecular weight is 234 g/mol. The van der Waals surface area contributed by atoms with Crippen LogP contribution >= 0.6 is 0 Å². The summed E-state index contributed by atoms with van der Waals surface area (Å²) in [5.41, 5.74) is 0. The molecule has 0 spiro atoms. The third-order valence-electron chi connectivity index (χ3n) is 6.00. The molecule has 0 radical (unpaired) electrons. The summed E-state index contributed by atoms with van der Waals surface area (Å²) in [6.07, 6.45) is 10.5. The Morgan fingerprint density at radius 1 is 0.529 bits per heavy atom. The van der Waals surface area contributed by atoms with Crippen LogP contribution < -0.4 is 0 Å². The molecule has 17 heavy (non-hydrogen) atoms. The normalized spacial score (nSPS) is 47.3. The maximum atomic E-state index is 2.82. The highest BCUT2D eigenvalue weighted by molar-refractivity contribution is 5.04. The number of likely N-dealkylation sites (tertiary alicyclic amines) is 2. The summed E-state index contributed by atoms with van der Waals surface area (Å²) in [5, 5.41) is 0. The lowest BCUT2D eigenvalue weighted by atomic mass is 9.89. The highest BCUT2D eigenvalue weighted by Gasteiger charge is 2.49. The number of rotatable bonds is 2. The van der Waals surface area contributed by atoms with E-state index in [-0.39, 0.29) is 0 Å². The number of fused-ring (bicyclic) bond motifs is 2. The predicted octanol–water partition coefficient (Wildman–Crippen LogP) is 2.35. The molecule has 0 amide bonds. The molecule has 4 atom stereocenters. The third-order valence-corrected chi connectivity index (χ3v) is 6.00. The van der Waals surface area contributed by atoms with Crippen LogP contribution in [0.4, 0.5) is 0 Å². The molecule has 4 aliphatic rings. The minimum absolute atomic E-state index is 0.987. The zero-order chi connectivity index (χ0) is 11.2. The Morgan fingerprint density at radius 3 is 1.29 bits per heavy atom. The first kappa shape index (κ1) is 10.8. The molecule has 4 unspecified atom stereocenters. The average Bonchev–Trinajstić information content (AvgIpc) is 3.12. The molecule has 2 heterocycles. The fourth-order valence-electron chi connectivity index (χ4n) is 5.26. The van der Waals surface area contributed by atoms with Crippen molar-refractivity contribution in [1.82, 2.24) is 9.80 Å². The van der Waals surface area contributed by atoms with E-state index in [1.807, 2.05) is 0 Å². The number of nitrogens with zero attached hydrogens (tertiary/aromatic N) is 2. The Hall–Kier alpha value is -0.0800. The first-order chi connectivity index (χ1) is 8.42.